The van der Waals surface area contributed by atoms with Crippen LogP contribution in [0.3, 0.4) is 0 Å². The van der Waals surface area contributed by atoms with Crippen molar-refractivity contribution in [2.45, 2.75) is 33.5 Å². The summed E-state index contributed by atoms with van der Waals surface area (Å²) in [4.78, 5) is 23.5. The van der Waals surface area contributed by atoms with Crippen LogP contribution in [-0.4, -0.2) is 22.8 Å². The fourth-order valence-corrected chi connectivity index (χ4v) is 1.84. The van der Waals surface area contributed by atoms with Gasteiger partial charge < -0.3 is 19.9 Å². The number of ether oxygens (including phenoxy) is 2. The number of phenolic OH excluding ortho intramolecular Hbond substituents is 1. The Hall–Kier alpha value is -2.50. The third kappa shape index (κ3) is 3.16. The maximum Gasteiger partial charge on any atom is 0.350 e. The molecular weight excluding hydrogens is 274 g/mol. The van der Waals surface area contributed by atoms with Crippen molar-refractivity contribution >= 4 is 17.6 Å². The number of nitrogens with one attached hydrogen (secondary N) is 1. The summed E-state index contributed by atoms with van der Waals surface area (Å²) in [5.41, 5.74) is 2.02. The number of carbonyl (C=O) groups is 2. The van der Waals surface area contributed by atoms with E-state index in [1.165, 1.54) is 20.0 Å². The quantitative estimate of drug-likeness (QED) is 0.376. The molecule has 21 heavy (non-hydrogen) atoms. The van der Waals surface area contributed by atoms with Crippen LogP contribution in [0.5, 0.6) is 5.75 Å². The third-order valence-electron chi connectivity index (χ3n) is 3.10. The minimum absolute atomic E-state index is 0.0211. The summed E-state index contributed by atoms with van der Waals surface area (Å²) in [6.45, 7) is 6.71. The first kappa shape index (κ1) is 14.9. The molecule has 0 bridgehead atoms. The van der Waals surface area contributed by atoms with Crippen molar-refractivity contribution in [2.75, 3.05) is 5.32 Å². The van der Waals surface area contributed by atoms with Crippen LogP contribution in [0.2, 0.25) is 0 Å². The van der Waals surface area contributed by atoms with E-state index in [4.69, 9.17) is 9.47 Å². The van der Waals surface area contributed by atoms with Crippen LogP contribution in [0.4, 0.5) is 5.69 Å². The van der Waals surface area contributed by atoms with Gasteiger partial charge in [0.15, 0.2) is 5.57 Å². The Morgan fingerprint density at radius 1 is 1.10 bits per heavy atom. The SMILES string of the molecule is Cc1cc(O)c(NC=C2C(=O)OC(C)(C)OC2=O)cc1C. The van der Waals surface area contributed by atoms with Crippen LogP contribution < -0.4 is 5.32 Å². The van der Waals surface area contributed by atoms with Gasteiger partial charge in [-0.15, -0.1) is 0 Å². The van der Waals surface area contributed by atoms with Gasteiger partial charge in [-0.25, -0.2) is 9.59 Å². The summed E-state index contributed by atoms with van der Waals surface area (Å²) in [5, 5.41) is 12.6. The summed E-state index contributed by atoms with van der Waals surface area (Å²) < 4.78 is 9.93. The van der Waals surface area contributed by atoms with E-state index in [1.54, 1.807) is 12.1 Å². The van der Waals surface area contributed by atoms with E-state index in [2.05, 4.69) is 5.32 Å². The molecule has 1 aliphatic heterocycles. The summed E-state index contributed by atoms with van der Waals surface area (Å²) in [6, 6.07) is 3.31. The topological polar surface area (TPSA) is 84.9 Å². The summed E-state index contributed by atoms with van der Waals surface area (Å²) in [6.07, 6.45) is 1.17. The summed E-state index contributed by atoms with van der Waals surface area (Å²) in [5.74, 6) is -2.79. The predicted octanol–water partition coefficient (Wildman–Crippen LogP) is 2.14. The van der Waals surface area contributed by atoms with E-state index in [9.17, 15) is 14.7 Å². The van der Waals surface area contributed by atoms with Crippen molar-refractivity contribution < 1.29 is 24.2 Å². The lowest BCUT2D eigenvalue weighted by atomic mass is 10.1. The third-order valence-corrected chi connectivity index (χ3v) is 3.10. The van der Waals surface area contributed by atoms with E-state index in [0.29, 0.717) is 5.69 Å². The van der Waals surface area contributed by atoms with Gasteiger partial charge in [0.1, 0.15) is 5.75 Å². The highest BCUT2D eigenvalue weighted by Crippen LogP contribution is 2.28. The van der Waals surface area contributed by atoms with E-state index in [-0.39, 0.29) is 11.3 Å². The van der Waals surface area contributed by atoms with Gasteiger partial charge >= 0.3 is 11.9 Å². The largest absolute Gasteiger partial charge is 0.506 e. The molecule has 0 atom stereocenters. The highest BCUT2D eigenvalue weighted by Gasteiger charge is 2.38. The molecule has 0 spiro atoms. The molecule has 0 unspecified atom stereocenters. The van der Waals surface area contributed by atoms with Crippen LogP contribution in [-0.2, 0) is 19.1 Å². The molecule has 0 saturated carbocycles. The Bertz CT molecular complexity index is 624. The molecule has 0 radical (unpaired) electrons. The highest BCUT2D eigenvalue weighted by atomic mass is 16.7. The fraction of sp³-hybridized carbons (Fsp3) is 0.333. The number of esters is 2. The van der Waals surface area contributed by atoms with Crippen molar-refractivity contribution in [3.05, 3.63) is 35.0 Å². The monoisotopic (exact) mass is 291 g/mol. The fourth-order valence-electron chi connectivity index (χ4n) is 1.84. The van der Waals surface area contributed by atoms with Crippen LogP contribution in [0.25, 0.3) is 0 Å². The predicted molar refractivity (Wildman–Crippen MR) is 75.5 cm³/mol. The number of cyclic esters (lactones) is 2. The number of anilines is 1. The lowest BCUT2D eigenvalue weighted by molar-refractivity contribution is -0.222. The van der Waals surface area contributed by atoms with E-state index in [0.717, 1.165) is 11.1 Å². The first-order valence-corrected chi connectivity index (χ1v) is 6.43. The summed E-state index contributed by atoms with van der Waals surface area (Å²) in [7, 11) is 0. The molecule has 1 aromatic rings. The molecule has 1 heterocycles. The van der Waals surface area contributed by atoms with E-state index < -0.39 is 17.7 Å². The number of benzene rings is 1. The molecule has 0 amide bonds. The Labute approximate surface area is 122 Å². The number of aromatic hydroxyl groups is 1. The Balaban J connectivity index is 2.24. The minimum atomic E-state index is -1.27. The Morgan fingerprint density at radius 3 is 2.19 bits per heavy atom. The Kier molecular flexibility index (Phi) is 3.63. The molecule has 112 valence electrons. The van der Waals surface area contributed by atoms with Gasteiger partial charge in [-0.1, -0.05) is 0 Å². The zero-order chi connectivity index (χ0) is 15.8. The maximum atomic E-state index is 11.8. The molecule has 6 heteroatoms. The normalized spacial score (nSPS) is 17.0. The van der Waals surface area contributed by atoms with Gasteiger partial charge in [0.25, 0.3) is 5.79 Å². The van der Waals surface area contributed by atoms with Gasteiger partial charge in [0.2, 0.25) is 0 Å². The van der Waals surface area contributed by atoms with Crippen molar-refractivity contribution in [1.29, 1.82) is 0 Å². The molecular formula is C15H17NO5. The first-order chi connectivity index (χ1) is 9.69. The molecule has 2 N–H and O–H groups in total. The zero-order valence-corrected chi connectivity index (χ0v) is 12.3. The zero-order valence-electron chi connectivity index (χ0n) is 12.3. The second-order valence-corrected chi connectivity index (χ2v) is 5.33. The lowest BCUT2D eigenvalue weighted by Gasteiger charge is -2.29. The average Bonchev–Trinajstić information content (AvgIpc) is 2.32. The van der Waals surface area contributed by atoms with Crippen molar-refractivity contribution in [3.63, 3.8) is 0 Å². The molecule has 2 rings (SSSR count). The molecule has 0 aliphatic carbocycles. The molecule has 1 aromatic carbocycles. The number of hydrogen-bond donors (Lipinski definition) is 2. The lowest BCUT2D eigenvalue weighted by Crippen LogP contribution is -2.42. The first-order valence-electron chi connectivity index (χ1n) is 6.43. The second kappa shape index (κ2) is 5.12. The molecule has 0 aromatic heterocycles. The van der Waals surface area contributed by atoms with Gasteiger partial charge in [0, 0.05) is 20.0 Å². The number of phenols is 1. The van der Waals surface area contributed by atoms with Crippen LogP contribution >= 0.6 is 0 Å². The maximum absolute atomic E-state index is 11.8. The van der Waals surface area contributed by atoms with Crippen LogP contribution in [0, 0.1) is 13.8 Å². The van der Waals surface area contributed by atoms with Crippen molar-refractivity contribution in [3.8, 4) is 5.75 Å². The number of hydrogen-bond acceptors (Lipinski definition) is 6. The molecule has 1 aliphatic rings. The number of carbonyl (C=O) groups excluding carboxylic acids is 2. The summed E-state index contributed by atoms with van der Waals surface area (Å²) >= 11 is 0. The van der Waals surface area contributed by atoms with Crippen molar-refractivity contribution in [2.24, 2.45) is 0 Å². The second-order valence-electron chi connectivity index (χ2n) is 5.33. The van der Waals surface area contributed by atoms with Crippen molar-refractivity contribution in [1.82, 2.24) is 0 Å². The smallest absolute Gasteiger partial charge is 0.350 e. The Morgan fingerprint density at radius 2 is 1.62 bits per heavy atom. The molecule has 1 saturated heterocycles. The van der Waals surface area contributed by atoms with Gasteiger partial charge in [0.05, 0.1) is 5.69 Å². The highest BCUT2D eigenvalue weighted by molar-refractivity contribution is 6.15. The van der Waals surface area contributed by atoms with E-state index >= 15 is 0 Å². The van der Waals surface area contributed by atoms with Gasteiger partial charge in [-0.05, 0) is 37.1 Å². The average molecular weight is 291 g/mol. The number of rotatable bonds is 2. The van der Waals surface area contributed by atoms with Crippen LogP contribution in [0.1, 0.15) is 25.0 Å². The van der Waals surface area contributed by atoms with Gasteiger partial charge in [-0.3, -0.25) is 0 Å². The standard InChI is InChI=1S/C15H17NO5/c1-8-5-11(12(17)6-9(8)2)16-7-10-13(18)20-15(3,4)21-14(10)19/h5-7,16-17H,1-4H3. The molecule has 1 fully saturated rings. The minimum Gasteiger partial charge on any atom is -0.506 e. The van der Waals surface area contributed by atoms with Gasteiger partial charge in [-0.2, -0.15) is 0 Å². The number of aryl methyl sites for hydroxylation is 2. The molecule has 6 nitrogen and oxygen atoms in total. The van der Waals surface area contributed by atoms with Crippen LogP contribution in [0.15, 0.2) is 23.9 Å². The van der Waals surface area contributed by atoms with E-state index in [1.807, 2.05) is 13.8 Å².